The van der Waals surface area contributed by atoms with E-state index in [1.165, 1.54) is 38.5 Å². The van der Waals surface area contributed by atoms with Gasteiger partial charge < -0.3 is 21.3 Å². The van der Waals surface area contributed by atoms with E-state index in [9.17, 15) is 0 Å². The smallest absolute Gasteiger partial charge is 0.314 e. The molecule has 0 bridgehead atoms. The molecule has 0 aromatic rings. The molecular weight excluding hydrogens is 227 g/mol. The summed E-state index contributed by atoms with van der Waals surface area (Å²) < 4.78 is 8.74. The Hall–Kier alpha value is 0.0700. The summed E-state index contributed by atoms with van der Waals surface area (Å²) in [5, 5.41) is 0. The first-order chi connectivity index (χ1) is 7.65. The zero-order valence-electron chi connectivity index (χ0n) is 10.0. The Balaban J connectivity index is 0. The molecule has 0 atom stereocenters. The second-order valence-electron chi connectivity index (χ2n) is 3.69. The molecule has 0 saturated heterocycles. The number of rotatable bonds is 5. The third-order valence-electron chi connectivity index (χ3n) is 2.16. The van der Waals surface area contributed by atoms with Crippen LogP contribution in [0.3, 0.4) is 0 Å². The van der Waals surface area contributed by atoms with Gasteiger partial charge in [-0.2, -0.15) is 0 Å². The van der Waals surface area contributed by atoms with Crippen LogP contribution in [-0.2, 0) is 4.57 Å². The van der Waals surface area contributed by atoms with E-state index in [0.29, 0.717) is 0 Å². The van der Waals surface area contributed by atoms with Gasteiger partial charge in [0.05, 0.1) is 0 Å². The van der Waals surface area contributed by atoms with Crippen LogP contribution in [0, 0.1) is 0 Å². The summed E-state index contributed by atoms with van der Waals surface area (Å²) in [5.74, 6) is 0. The number of hydrogen-bond acceptors (Lipinski definition) is 3. The van der Waals surface area contributed by atoms with Crippen LogP contribution in [0.2, 0.25) is 0 Å². The zero-order valence-corrected chi connectivity index (χ0v) is 11.0. The maximum absolute atomic E-state index is 8.74. The van der Waals surface area contributed by atoms with Crippen molar-refractivity contribution in [1.82, 2.24) is 0 Å². The summed E-state index contributed by atoms with van der Waals surface area (Å²) in [6.45, 7) is 1.65. The SMILES string of the molecule is C1CCC1.NCCCCCCN.O=[PH](O)O. The molecule has 5 nitrogen and oxygen atoms in total. The quantitative estimate of drug-likeness (QED) is 0.438. The lowest BCUT2D eigenvalue weighted by atomic mass is 10.0. The van der Waals surface area contributed by atoms with Crippen LogP contribution >= 0.6 is 8.25 Å². The first-order valence-electron chi connectivity index (χ1n) is 5.97. The molecule has 0 aromatic carbocycles. The van der Waals surface area contributed by atoms with E-state index >= 15 is 0 Å². The topological polar surface area (TPSA) is 110 Å². The lowest BCUT2D eigenvalue weighted by Gasteiger charge is -2.05. The van der Waals surface area contributed by atoms with Crippen LogP contribution in [0.1, 0.15) is 51.4 Å². The Labute approximate surface area is 99.2 Å². The molecule has 0 amide bonds. The molecule has 0 spiro atoms. The minimum Gasteiger partial charge on any atom is -0.330 e. The maximum atomic E-state index is 8.74. The van der Waals surface area contributed by atoms with Crippen LogP contribution in [-0.4, -0.2) is 22.9 Å². The Bertz CT molecular complexity index is 130. The highest BCUT2D eigenvalue weighted by Crippen LogP contribution is 2.15. The van der Waals surface area contributed by atoms with E-state index in [1.807, 2.05) is 0 Å². The van der Waals surface area contributed by atoms with Crippen LogP contribution in [0.15, 0.2) is 0 Å². The normalized spacial score (nSPS) is 13.1. The first-order valence-corrected chi connectivity index (χ1v) is 7.27. The second kappa shape index (κ2) is 17.5. The first kappa shape index (κ1) is 18.4. The van der Waals surface area contributed by atoms with Crippen molar-refractivity contribution in [2.45, 2.75) is 51.4 Å². The fourth-order valence-electron chi connectivity index (χ4n) is 0.892. The van der Waals surface area contributed by atoms with Crippen molar-refractivity contribution < 1.29 is 14.4 Å². The monoisotopic (exact) mass is 254 g/mol. The Morgan fingerprint density at radius 1 is 0.812 bits per heavy atom. The van der Waals surface area contributed by atoms with Gasteiger partial charge in [-0.05, 0) is 25.9 Å². The molecule has 1 saturated carbocycles. The molecule has 0 aliphatic heterocycles. The number of hydrogen-bond donors (Lipinski definition) is 4. The molecule has 0 heterocycles. The highest BCUT2D eigenvalue weighted by molar-refractivity contribution is 7.30. The van der Waals surface area contributed by atoms with Gasteiger partial charge in [0.15, 0.2) is 0 Å². The van der Waals surface area contributed by atoms with E-state index < -0.39 is 8.25 Å². The second-order valence-corrected chi connectivity index (χ2v) is 4.25. The molecule has 16 heavy (non-hydrogen) atoms. The van der Waals surface area contributed by atoms with E-state index in [0.717, 1.165) is 25.9 Å². The summed E-state index contributed by atoms with van der Waals surface area (Å²) in [6, 6.07) is 0. The van der Waals surface area contributed by atoms with Crippen molar-refractivity contribution in [3.63, 3.8) is 0 Å². The molecule has 1 aliphatic carbocycles. The molecule has 6 heteroatoms. The van der Waals surface area contributed by atoms with Crippen LogP contribution < -0.4 is 11.5 Å². The minimum atomic E-state index is -3.13. The van der Waals surface area contributed by atoms with Gasteiger partial charge in [0.1, 0.15) is 0 Å². The van der Waals surface area contributed by atoms with Gasteiger partial charge in [-0.3, -0.25) is 4.57 Å². The Kier molecular flexibility index (Phi) is 20.1. The highest BCUT2D eigenvalue weighted by atomic mass is 31.1. The molecule has 0 radical (unpaired) electrons. The lowest BCUT2D eigenvalue weighted by Crippen LogP contribution is -2.00. The van der Waals surface area contributed by atoms with Gasteiger partial charge in [-0.15, -0.1) is 0 Å². The molecular formula is C10H27N2O3P. The molecule has 1 fully saturated rings. The van der Waals surface area contributed by atoms with Gasteiger partial charge in [0.25, 0.3) is 0 Å². The van der Waals surface area contributed by atoms with Crippen molar-refractivity contribution in [3.8, 4) is 0 Å². The minimum absolute atomic E-state index is 0.824. The fraction of sp³-hybridized carbons (Fsp3) is 1.00. The Morgan fingerprint density at radius 3 is 1.19 bits per heavy atom. The number of nitrogens with two attached hydrogens (primary N) is 2. The fourth-order valence-corrected chi connectivity index (χ4v) is 0.892. The summed E-state index contributed by atoms with van der Waals surface area (Å²) in [4.78, 5) is 14.3. The van der Waals surface area contributed by atoms with Crippen molar-refractivity contribution in [3.05, 3.63) is 0 Å². The molecule has 6 N–H and O–H groups in total. The predicted molar refractivity (Wildman–Crippen MR) is 68.5 cm³/mol. The van der Waals surface area contributed by atoms with Gasteiger partial charge in [-0.1, -0.05) is 38.5 Å². The van der Waals surface area contributed by atoms with Gasteiger partial charge >= 0.3 is 8.25 Å². The van der Waals surface area contributed by atoms with Crippen molar-refractivity contribution in [2.24, 2.45) is 11.5 Å². The van der Waals surface area contributed by atoms with Gasteiger partial charge in [0, 0.05) is 0 Å². The summed E-state index contributed by atoms with van der Waals surface area (Å²) in [7, 11) is -3.13. The van der Waals surface area contributed by atoms with E-state index in [4.69, 9.17) is 25.8 Å². The molecule has 0 unspecified atom stereocenters. The van der Waals surface area contributed by atoms with Crippen LogP contribution in [0.4, 0.5) is 0 Å². The van der Waals surface area contributed by atoms with Gasteiger partial charge in [-0.25, -0.2) is 0 Å². The molecule has 100 valence electrons. The van der Waals surface area contributed by atoms with Crippen molar-refractivity contribution >= 4 is 8.25 Å². The average Bonchev–Trinajstić information content (AvgIpc) is 2.09. The van der Waals surface area contributed by atoms with Crippen LogP contribution in [0.25, 0.3) is 0 Å². The third kappa shape index (κ3) is 29.2. The van der Waals surface area contributed by atoms with Crippen molar-refractivity contribution in [1.29, 1.82) is 0 Å². The largest absolute Gasteiger partial charge is 0.330 e. The number of unbranched alkanes of at least 4 members (excludes halogenated alkanes) is 3. The van der Waals surface area contributed by atoms with E-state index in [1.54, 1.807) is 0 Å². The van der Waals surface area contributed by atoms with E-state index in [-0.39, 0.29) is 0 Å². The van der Waals surface area contributed by atoms with Crippen LogP contribution in [0.5, 0.6) is 0 Å². The van der Waals surface area contributed by atoms with E-state index in [2.05, 4.69) is 0 Å². The summed E-state index contributed by atoms with van der Waals surface area (Å²) in [5.41, 5.74) is 10.6. The molecule has 1 rings (SSSR count). The highest BCUT2D eigenvalue weighted by Gasteiger charge is 1.95. The molecule has 1 aliphatic rings. The van der Waals surface area contributed by atoms with Gasteiger partial charge in [0.2, 0.25) is 0 Å². The zero-order chi connectivity index (χ0) is 12.6. The summed E-state index contributed by atoms with van der Waals surface area (Å²) >= 11 is 0. The predicted octanol–water partition coefficient (Wildman–Crippen LogP) is 1.39. The maximum Gasteiger partial charge on any atom is 0.314 e. The molecule has 0 aromatic heterocycles. The standard InChI is InChI=1S/C6H16N2.C4H8.H3O3P/c7-5-3-1-2-4-6-8;1-2-4-3-1;1-4(2)3/h1-8H2;1-4H2;4H,(H2,1,2,3). The Morgan fingerprint density at radius 2 is 1.06 bits per heavy atom. The average molecular weight is 254 g/mol. The van der Waals surface area contributed by atoms with Crippen molar-refractivity contribution in [2.75, 3.05) is 13.1 Å². The third-order valence-corrected chi connectivity index (χ3v) is 2.16. The summed E-state index contributed by atoms with van der Waals surface area (Å²) in [6.07, 6.45) is 10.8. The lowest BCUT2D eigenvalue weighted by molar-refractivity contribution is 0.405.